The number of aryl methyl sites for hydroxylation is 1. The summed E-state index contributed by atoms with van der Waals surface area (Å²) in [6.07, 6.45) is 3.85. The Morgan fingerprint density at radius 3 is 2.64 bits per heavy atom. The molecule has 0 saturated heterocycles. The molecule has 25 heavy (non-hydrogen) atoms. The molecule has 2 heterocycles. The van der Waals surface area contributed by atoms with Crippen LogP contribution in [0.15, 0.2) is 72.9 Å². The van der Waals surface area contributed by atoms with Gasteiger partial charge in [0.2, 0.25) is 0 Å². The third-order valence-corrected chi connectivity index (χ3v) is 4.43. The van der Waals surface area contributed by atoms with E-state index in [1.54, 1.807) is 12.3 Å². The first-order chi connectivity index (χ1) is 12.3. The number of nitrogens with one attached hydrogen (secondary N) is 1. The van der Waals surface area contributed by atoms with Crippen molar-refractivity contribution in [2.75, 3.05) is 16.8 Å². The molecule has 2 aromatic carbocycles. The van der Waals surface area contributed by atoms with Crippen molar-refractivity contribution in [2.45, 2.75) is 12.8 Å². The van der Waals surface area contributed by atoms with Crippen molar-refractivity contribution in [2.24, 2.45) is 0 Å². The van der Waals surface area contributed by atoms with E-state index >= 15 is 0 Å². The Morgan fingerprint density at radius 1 is 0.960 bits per heavy atom. The van der Waals surface area contributed by atoms with Gasteiger partial charge in [-0.15, -0.1) is 0 Å². The maximum absolute atomic E-state index is 12.8. The summed E-state index contributed by atoms with van der Waals surface area (Å²) in [5, 5.41) is 2.96. The fourth-order valence-electron chi connectivity index (χ4n) is 3.26. The monoisotopic (exact) mass is 329 g/mol. The van der Waals surface area contributed by atoms with Gasteiger partial charge in [-0.25, -0.2) is 4.98 Å². The Hall–Kier alpha value is -3.14. The summed E-state index contributed by atoms with van der Waals surface area (Å²) in [7, 11) is 0. The molecule has 124 valence electrons. The lowest BCUT2D eigenvalue weighted by atomic mass is 10.0. The molecular weight excluding hydrogens is 310 g/mol. The number of para-hydroxylation sites is 2. The van der Waals surface area contributed by atoms with Gasteiger partial charge < -0.3 is 10.2 Å². The number of anilines is 3. The second kappa shape index (κ2) is 6.77. The maximum atomic E-state index is 12.8. The van der Waals surface area contributed by atoms with Crippen molar-refractivity contribution in [1.29, 1.82) is 0 Å². The third-order valence-electron chi connectivity index (χ3n) is 4.43. The van der Waals surface area contributed by atoms with Gasteiger partial charge in [-0.05, 0) is 48.7 Å². The zero-order valence-corrected chi connectivity index (χ0v) is 13.9. The summed E-state index contributed by atoms with van der Waals surface area (Å²) in [6.45, 7) is 0.861. The lowest BCUT2D eigenvalue weighted by Crippen LogP contribution is -2.28. The normalized spacial score (nSPS) is 13.2. The van der Waals surface area contributed by atoms with Crippen molar-refractivity contribution in [3.8, 4) is 0 Å². The van der Waals surface area contributed by atoms with E-state index in [9.17, 15) is 4.79 Å². The average Bonchev–Trinajstić information content (AvgIpc) is 2.68. The molecule has 1 N–H and O–H groups in total. The van der Waals surface area contributed by atoms with E-state index in [2.05, 4.69) is 33.4 Å². The Kier molecular flexibility index (Phi) is 4.17. The number of hydrogen-bond acceptors (Lipinski definition) is 3. The number of benzene rings is 2. The van der Waals surface area contributed by atoms with Gasteiger partial charge in [-0.3, -0.25) is 4.79 Å². The van der Waals surface area contributed by atoms with Crippen molar-refractivity contribution < 1.29 is 4.79 Å². The first kappa shape index (κ1) is 15.4. The Bertz CT molecular complexity index is 892. The number of pyridine rings is 1. The number of rotatable bonds is 3. The van der Waals surface area contributed by atoms with Gasteiger partial charge in [-0.2, -0.15) is 0 Å². The van der Waals surface area contributed by atoms with Crippen molar-refractivity contribution in [1.82, 2.24) is 4.98 Å². The zero-order valence-electron chi connectivity index (χ0n) is 13.9. The number of nitrogens with zero attached hydrogens (tertiary/aromatic N) is 2. The summed E-state index contributed by atoms with van der Waals surface area (Å²) >= 11 is 0. The van der Waals surface area contributed by atoms with Crippen LogP contribution in [0.25, 0.3) is 0 Å². The van der Waals surface area contributed by atoms with Gasteiger partial charge in [0.1, 0.15) is 5.82 Å². The molecule has 0 fully saturated rings. The van der Waals surface area contributed by atoms with Crippen molar-refractivity contribution >= 4 is 23.1 Å². The van der Waals surface area contributed by atoms with E-state index in [-0.39, 0.29) is 5.91 Å². The standard InChI is InChI=1S/C21H19N3O/c25-21(23-17-10-2-1-3-11-17)18-12-6-14-22-20(18)24-15-7-9-16-8-4-5-13-19(16)24/h1-6,8,10-14H,7,9,15H2,(H,23,25). The van der Waals surface area contributed by atoms with Crippen LogP contribution in [0.5, 0.6) is 0 Å². The molecule has 0 atom stereocenters. The summed E-state index contributed by atoms with van der Waals surface area (Å²) in [5.41, 5.74) is 3.81. The van der Waals surface area contributed by atoms with Crippen LogP contribution in [0.1, 0.15) is 22.3 Å². The predicted molar refractivity (Wildman–Crippen MR) is 100 cm³/mol. The molecule has 4 rings (SSSR count). The topological polar surface area (TPSA) is 45.2 Å². The molecule has 1 aromatic heterocycles. The number of hydrogen-bond donors (Lipinski definition) is 1. The van der Waals surface area contributed by atoms with Crippen LogP contribution in [0.3, 0.4) is 0 Å². The Labute approximate surface area is 147 Å². The molecule has 1 aliphatic rings. The SMILES string of the molecule is O=C(Nc1ccccc1)c1cccnc1N1CCCc2ccccc21. The van der Waals surface area contributed by atoms with Gasteiger partial charge >= 0.3 is 0 Å². The van der Waals surface area contributed by atoms with Crippen LogP contribution in [-0.4, -0.2) is 17.4 Å². The van der Waals surface area contributed by atoms with Crippen LogP contribution < -0.4 is 10.2 Å². The Balaban J connectivity index is 1.70. The second-order valence-corrected chi connectivity index (χ2v) is 6.08. The molecule has 3 aromatic rings. The molecular formula is C21H19N3O. The van der Waals surface area contributed by atoms with Crippen LogP contribution >= 0.6 is 0 Å². The smallest absolute Gasteiger partial charge is 0.259 e. The molecule has 0 spiro atoms. The maximum Gasteiger partial charge on any atom is 0.259 e. The quantitative estimate of drug-likeness (QED) is 0.774. The highest BCUT2D eigenvalue weighted by molar-refractivity contribution is 6.08. The van der Waals surface area contributed by atoms with E-state index in [1.807, 2.05) is 42.5 Å². The fourth-order valence-corrected chi connectivity index (χ4v) is 3.26. The van der Waals surface area contributed by atoms with Gasteiger partial charge in [0.15, 0.2) is 0 Å². The molecule has 4 heteroatoms. The highest BCUT2D eigenvalue weighted by atomic mass is 16.1. The highest BCUT2D eigenvalue weighted by Crippen LogP contribution is 2.34. The van der Waals surface area contributed by atoms with Gasteiger partial charge in [0.05, 0.1) is 5.56 Å². The number of carbonyl (C=O) groups excluding carboxylic acids is 1. The molecule has 0 aliphatic carbocycles. The van der Waals surface area contributed by atoms with E-state index < -0.39 is 0 Å². The van der Waals surface area contributed by atoms with Crippen LogP contribution in [0.2, 0.25) is 0 Å². The second-order valence-electron chi connectivity index (χ2n) is 6.08. The third kappa shape index (κ3) is 3.11. The largest absolute Gasteiger partial charge is 0.325 e. The summed E-state index contributed by atoms with van der Waals surface area (Å²) < 4.78 is 0. The molecule has 1 amide bonds. The molecule has 4 nitrogen and oxygen atoms in total. The summed E-state index contributed by atoms with van der Waals surface area (Å²) in [6, 6.07) is 21.5. The van der Waals surface area contributed by atoms with E-state index in [0.29, 0.717) is 11.4 Å². The molecule has 0 bridgehead atoms. The first-order valence-corrected chi connectivity index (χ1v) is 8.50. The fraction of sp³-hybridized carbons (Fsp3) is 0.143. The lowest BCUT2D eigenvalue weighted by molar-refractivity contribution is 0.102. The number of carbonyl (C=O) groups is 1. The van der Waals surface area contributed by atoms with Gasteiger partial charge in [0.25, 0.3) is 5.91 Å². The lowest BCUT2D eigenvalue weighted by Gasteiger charge is -2.31. The minimum absolute atomic E-state index is 0.141. The van der Waals surface area contributed by atoms with Crippen LogP contribution in [0.4, 0.5) is 17.2 Å². The molecule has 0 saturated carbocycles. The van der Waals surface area contributed by atoms with Gasteiger partial charge in [0, 0.05) is 24.1 Å². The minimum atomic E-state index is -0.141. The van der Waals surface area contributed by atoms with E-state index in [1.165, 1.54) is 5.56 Å². The van der Waals surface area contributed by atoms with Crippen molar-refractivity contribution in [3.05, 3.63) is 84.1 Å². The van der Waals surface area contributed by atoms with Crippen molar-refractivity contribution in [3.63, 3.8) is 0 Å². The first-order valence-electron chi connectivity index (χ1n) is 8.50. The number of aromatic nitrogens is 1. The summed E-state index contributed by atoms with van der Waals surface area (Å²) in [4.78, 5) is 19.5. The molecule has 1 aliphatic heterocycles. The number of fused-ring (bicyclic) bond motifs is 1. The van der Waals surface area contributed by atoms with Gasteiger partial charge in [-0.1, -0.05) is 36.4 Å². The molecule has 0 radical (unpaired) electrons. The Morgan fingerprint density at radius 2 is 1.76 bits per heavy atom. The van der Waals surface area contributed by atoms with E-state index in [0.717, 1.165) is 30.8 Å². The highest BCUT2D eigenvalue weighted by Gasteiger charge is 2.23. The minimum Gasteiger partial charge on any atom is -0.325 e. The zero-order chi connectivity index (χ0) is 17.1. The van der Waals surface area contributed by atoms with E-state index in [4.69, 9.17) is 0 Å². The van der Waals surface area contributed by atoms with Crippen LogP contribution in [-0.2, 0) is 6.42 Å². The average molecular weight is 329 g/mol. The summed E-state index contributed by atoms with van der Waals surface area (Å²) in [5.74, 6) is 0.570. The predicted octanol–water partition coefficient (Wildman–Crippen LogP) is 4.42. The van der Waals surface area contributed by atoms with Crippen LogP contribution in [0, 0.1) is 0 Å². The molecule has 0 unspecified atom stereocenters. The number of amides is 1.